The van der Waals surface area contributed by atoms with Crippen molar-refractivity contribution in [2.45, 2.75) is 6.61 Å². The number of halogens is 2. The lowest BCUT2D eigenvalue weighted by molar-refractivity contribution is -0.129. The fourth-order valence-corrected chi connectivity index (χ4v) is 3.48. The van der Waals surface area contributed by atoms with Crippen molar-refractivity contribution < 1.29 is 14.3 Å². The van der Waals surface area contributed by atoms with Crippen molar-refractivity contribution >= 4 is 56.5 Å². The second kappa shape index (κ2) is 8.92. The molecule has 0 bridgehead atoms. The van der Waals surface area contributed by atoms with E-state index >= 15 is 0 Å². The number of ether oxygens (including phenoxy) is 2. The Morgan fingerprint density at radius 2 is 1.72 bits per heavy atom. The van der Waals surface area contributed by atoms with Gasteiger partial charge in [0.2, 0.25) is 5.90 Å². The number of carbonyl (C=O) groups excluding carboxylic acids is 1. The van der Waals surface area contributed by atoms with E-state index < -0.39 is 5.97 Å². The van der Waals surface area contributed by atoms with Crippen LogP contribution in [0.15, 0.2) is 88.0 Å². The molecule has 6 heteroatoms. The number of cyclic esters (lactones) is 1. The zero-order valence-electron chi connectivity index (χ0n) is 15.1. The van der Waals surface area contributed by atoms with E-state index in [9.17, 15) is 4.79 Å². The summed E-state index contributed by atoms with van der Waals surface area (Å²) in [5.41, 5.74) is 2.97. The van der Waals surface area contributed by atoms with E-state index in [1.165, 1.54) is 0 Å². The minimum Gasteiger partial charge on any atom is -0.489 e. The van der Waals surface area contributed by atoms with E-state index in [0.717, 1.165) is 30.5 Å². The maximum atomic E-state index is 12.2. The summed E-state index contributed by atoms with van der Waals surface area (Å²) >= 11 is 5.74. The maximum absolute atomic E-state index is 12.2. The molecule has 1 aliphatic heterocycles. The Labute approximate surface area is 190 Å². The van der Waals surface area contributed by atoms with Gasteiger partial charge in [0.1, 0.15) is 12.4 Å². The molecule has 3 aromatic carbocycles. The summed E-state index contributed by atoms with van der Waals surface area (Å²) in [7, 11) is 0. The van der Waals surface area contributed by atoms with Gasteiger partial charge < -0.3 is 9.47 Å². The van der Waals surface area contributed by atoms with E-state index in [1.54, 1.807) is 6.08 Å². The van der Waals surface area contributed by atoms with Gasteiger partial charge in [0.25, 0.3) is 0 Å². The van der Waals surface area contributed by atoms with E-state index in [1.807, 2.05) is 72.8 Å². The highest BCUT2D eigenvalue weighted by atomic mass is 127. The van der Waals surface area contributed by atoms with Gasteiger partial charge in [-0.25, -0.2) is 9.79 Å². The molecule has 1 aliphatic rings. The number of hydrogen-bond donors (Lipinski definition) is 0. The molecule has 0 amide bonds. The summed E-state index contributed by atoms with van der Waals surface area (Å²) in [5.74, 6) is 0.624. The Morgan fingerprint density at radius 1 is 1.00 bits per heavy atom. The first-order chi connectivity index (χ1) is 14.1. The predicted octanol–water partition coefficient (Wildman–Crippen LogP) is 5.98. The molecule has 0 aromatic heterocycles. The Balaban J connectivity index is 1.46. The summed E-state index contributed by atoms with van der Waals surface area (Å²) < 4.78 is 13.3. The molecule has 1 heterocycles. The number of carbonyl (C=O) groups is 1. The van der Waals surface area contributed by atoms with E-state index in [4.69, 9.17) is 9.47 Å². The first-order valence-corrected chi connectivity index (χ1v) is 10.7. The number of nitrogens with zero attached hydrogens (tertiary/aromatic N) is 1. The minimum absolute atomic E-state index is 0.278. The van der Waals surface area contributed by atoms with Crippen LogP contribution in [0, 0.1) is 3.57 Å². The molecule has 4 rings (SSSR count). The van der Waals surface area contributed by atoms with E-state index in [2.05, 4.69) is 43.5 Å². The minimum atomic E-state index is -0.451. The van der Waals surface area contributed by atoms with Crippen molar-refractivity contribution in [3.05, 3.63) is 103 Å². The molecule has 0 fully saturated rings. The van der Waals surface area contributed by atoms with Crippen LogP contribution in [0.1, 0.15) is 16.7 Å². The second-order valence-corrected chi connectivity index (χ2v) is 8.39. The number of rotatable bonds is 5. The van der Waals surface area contributed by atoms with Crippen LogP contribution >= 0.6 is 38.5 Å². The predicted molar refractivity (Wildman–Crippen MR) is 125 cm³/mol. The highest BCUT2D eigenvalue weighted by molar-refractivity contribution is 14.1. The second-order valence-electron chi connectivity index (χ2n) is 6.29. The lowest BCUT2D eigenvalue weighted by Crippen LogP contribution is -2.05. The lowest BCUT2D eigenvalue weighted by Gasteiger charge is -2.08. The van der Waals surface area contributed by atoms with Gasteiger partial charge >= 0.3 is 5.97 Å². The molecular weight excluding hydrogens is 545 g/mol. The Bertz CT molecular complexity index is 1110. The smallest absolute Gasteiger partial charge is 0.363 e. The molecule has 0 atom stereocenters. The summed E-state index contributed by atoms with van der Waals surface area (Å²) in [4.78, 5) is 16.5. The van der Waals surface area contributed by atoms with Crippen molar-refractivity contribution in [1.82, 2.24) is 0 Å². The Kier molecular flexibility index (Phi) is 6.10. The van der Waals surface area contributed by atoms with Gasteiger partial charge in [0.15, 0.2) is 5.70 Å². The molecule has 0 unspecified atom stereocenters. The first kappa shape index (κ1) is 19.8. The summed E-state index contributed by atoms with van der Waals surface area (Å²) in [5, 5.41) is 0. The molecule has 0 saturated heterocycles. The number of esters is 1. The Morgan fingerprint density at radius 3 is 2.45 bits per heavy atom. The van der Waals surface area contributed by atoms with Crippen LogP contribution in [0.5, 0.6) is 5.75 Å². The molecule has 144 valence electrons. The Hall–Kier alpha value is -2.45. The standard InChI is InChI=1S/C23H15BrINO3/c24-20-4-2-1-3-17(20)14-28-19-11-5-15(6-12-19)13-21-23(27)29-22(26-21)16-7-9-18(25)10-8-16/h1-13H,14H2/b21-13-. The molecule has 0 N–H and O–H groups in total. The van der Waals surface area contributed by atoms with Crippen molar-refractivity contribution in [2.75, 3.05) is 0 Å². The average Bonchev–Trinajstić information content (AvgIpc) is 3.09. The molecule has 3 aromatic rings. The largest absolute Gasteiger partial charge is 0.489 e. The topological polar surface area (TPSA) is 47.9 Å². The van der Waals surface area contributed by atoms with Crippen LogP contribution in [0.3, 0.4) is 0 Å². The molecule has 4 nitrogen and oxygen atoms in total. The van der Waals surface area contributed by atoms with Gasteiger partial charge in [-0.1, -0.05) is 46.3 Å². The van der Waals surface area contributed by atoms with Crippen molar-refractivity contribution in [1.29, 1.82) is 0 Å². The number of hydrogen-bond acceptors (Lipinski definition) is 4. The van der Waals surface area contributed by atoms with E-state index in [-0.39, 0.29) is 5.70 Å². The van der Waals surface area contributed by atoms with Crippen LogP contribution < -0.4 is 4.74 Å². The van der Waals surface area contributed by atoms with E-state index in [0.29, 0.717) is 12.5 Å². The van der Waals surface area contributed by atoms with Gasteiger partial charge in [-0.3, -0.25) is 0 Å². The van der Waals surface area contributed by atoms with Gasteiger partial charge in [-0.05, 0) is 76.7 Å². The third-order valence-corrected chi connectivity index (χ3v) is 5.74. The van der Waals surface area contributed by atoms with Crippen molar-refractivity contribution in [2.24, 2.45) is 4.99 Å². The number of benzene rings is 3. The highest BCUT2D eigenvalue weighted by Gasteiger charge is 2.24. The molecule has 0 saturated carbocycles. The van der Waals surface area contributed by atoms with Crippen LogP contribution in [-0.4, -0.2) is 11.9 Å². The van der Waals surface area contributed by atoms with Crippen molar-refractivity contribution in [3.8, 4) is 5.75 Å². The SMILES string of the molecule is O=C1OC(c2ccc(I)cc2)=N/C1=C\c1ccc(OCc2ccccc2Br)cc1. The number of aliphatic imine (C=N–C) groups is 1. The monoisotopic (exact) mass is 559 g/mol. The third kappa shape index (κ3) is 4.94. The van der Waals surface area contributed by atoms with Gasteiger partial charge in [0.05, 0.1) is 0 Å². The molecule has 0 aliphatic carbocycles. The van der Waals surface area contributed by atoms with Gasteiger partial charge in [-0.15, -0.1) is 0 Å². The fraction of sp³-hybridized carbons (Fsp3) is 0.0435. The van der Waals surface area contributed by atoms with Crippen LogP contribution in [0.2, 0.25) is 0 Å². The van der Waals surface area contributed by atoms with Crippen molar-refractivity contribution in [3.63, 3.8) is 0 Å². The summed E-state index contributed by atoms with van der Waals surface area (Å²) in [6, 6.07) is 23.1. The first-order valence-electron chi connectivity index (χ1n) is 8.83. The molecule has 29 heavy (non-hydrogen) atoms. The quantitative estimate of drug-likeness (QED) is 0.219. The zero-order valence-corrected chi connectivity index (χ0v) is 18.9. The highest BCUT2D eigenvalue weighted by Crippen LogP contribution is 2.22. The normalized spacial score (nSPS) is 14.6. The molecular formula is C23H15BrINO3. The lowest BCUT2D eigenvalue weighted by atomic mass is 10.2. The fourth-order valence-electron chi connectivity index (χ4n) is 2.72. The maximum Gasteiger partial charge on any atom is 0.363 e. The summed E-state index contributed by atoms with van der Waals surface area (Å²) in [6.07, 6.45) is 1.71. The summed E-state index contributed by atoms with van der Waals surface area (Å²) in [6.45, 7) is 0.470. The molecule has 0 radical (unpaired) electrons. The van der Waals surface area contributed by atoms with Gasteiger partial charge in [0, 0.05) is 19.2 Å². The zero-order chi connectivity index (χ0) is 20.2. The van der Waals surface area contributed by atoms with Crippen LogP contribution in [-0.2, 0) is 16.1 Å². The van der Waals surface area contributed by atoms with Crippen LogP contribution in [0.4, 0.5) is 0 Å². The van der Waals surface area contributed by atoms with Gasteiger partial charge in [-0.2, -0.15) is 0 Å². The van der Waals surface area contributed by atoms with Crippen LogP contribution in [0.25, 0.3) is 6.08 Å². The molecule has 0 spiro atoms. The average molecular weight is 560 g/mol. The third-order valence-electron chi connectivity index (χ3n) is 4.25.